The first-order chi connectivity index (χ1) is 5.33. The molecule has 0 saturated carbocycles. The minimum absolute atomic E-state index is 0.276. The quantitative estimate of drug-likeness (QED) is 0.324. The van der Waals surface area contributed by atoms with Crippen molar-refractivity contribution in [2.45, 2.75) is 0 Å². The van der Waals surface area contributed by atoms with Crippen molar-refractivity contribution >= 4 is 13.6 Å². The van der Waals surface area contributed by atoms with E-state index < -0.39 is 13.6 Å². The molecule has 0 aliphatic carbocycles. The lowest BCUT2D eigenvalue weighted by atomic mass is 10.3. The minimum Gasteiger partial charge on any atom is -0.780 e. The van der Waals surface area contributed by atoms with Crippen LogP contribution in [-0.2, 0) is 13.9 Å². The summed E-state index contributed by atoms with van der Waals surface area (Å²) in [5.74, 6) is -0.719. The Morgan fingerprint density at radius 1 is 1.58 bits per heavy atom. The molecule has 7 heteroatoms. The van der Waals surface area contributed by atoms with E-state index in [-0.39, 0.29) is 5.70 Å². The van der Waals surface area contributed by atoms with Crippen molar-refractivity contribution in [1.82, 2.24) is 0 Å². The third-order valence-electron chi connectivity index (χ3n) is 0.726. The highest BCUT2D eigenvalue weighted by Crippen LogP contribution is 2.24. The van der Waals surface area contributed by atoms with Crippen LogP contribution in [0.5, 0.6) is 0 Å². The normalized spacial score (nSPS) is 11.5. The lowest BCUT2D eigenvalue weighted by Gasteiger charge is -2.26. The van der Waals surface area contributed by atoms with Gasteiger partial charge in [-0.15, -0.1) is 0 Å². The maximum Gasteiger partial charge on any atom is 0.203 e. The summed E-state index contributed by atoms with van der Waals surface area (Å²) < 4.78 is 13.4. The van der Waals surface area contributed by atoms with Gasteiger partial charge in [0.1, 0.15) is 7.82 Å². The molecule has 68 valence electrons. The number of ketones is 1. The molecular formula is C5H6NO5P-2. The summed E-state index contributed by atoms with van der Waals surface area (Å²) in [6, 6.07) is 0. The van der Waals surface area contributed by atoms with Crippen LogP contribution in [0.4, 0.5) is 0 Å². The summed E-state index contributed by atoms with van der Waals surface area (Å²) >= 11 is 0. The van der Waals surface area contributed by atoms with Crippen LogP contribution in [0, 0.1) is 0 Å². The van der Waals surface area contributed by atoms with Gasteiger partial charge in [-0.25, -0.2) is 0 Å². The van der Waals surface area contributed by atoms with Crippen LogP contribution in [0.25, 0.3) is 0 Å². The van der Waals surface area contributed by atoms with Gasteiger partial charge >= 0.3 is 0 Å². The first kappa shape index (κ1) is 10.9. The highest BCUT2D eigenvalue weighted by Gasteiger charge is 1.95. The number of phosphoric acid groups is 1. The molecule has 0 aromatic heterocycles. The summed E-state index contributed by atoms with van der Waals surface area (Å²) in [6.45, 7) is 3.07. The molecule has 0 radical (unpaired) electrons. The molecule has 0 aromatic rings. The van der Waals surface area contributed by atoms with Gasteiger partial charge in [-0.2, -0.15) is 0 Å². The molecule has 2 N–H and O–H groups in total. The molecule has 0 spiro atoms. The number of nitrogens with two attached hydrogens (primary N) is 1. The molecule has 0 aromatic carbocycles. The molecule has 0 fully saturated rings. The van der Waals surface area contributed by atoms with Crippen molar-refractivity contribution in [3.05, 3.63) is 24.6 Å². The number of phosphoric ester groups is 1. The van der Waals surface area contributed by atoms with E-state index in [1.807, 2.05) is 0 Å². The standard InChI is InChI=1S/C5H8NO5P/c1-4(6)5(7)2-3-11-12(8,9)10/h2-3H,1,6H2,(H2,8,9,10)/p-2/b3-2-. The second-order valence-electron chi connectivity index (χ2n) is 1.74. The maximum absolute atomic E-state index is 10.5. The highest BCUT2D eigenvalue weighted by atomic mass is 31.2. The molecule has 0 saturated heterocycles. The van der Waals surface area contributed by atoms with E-state index in [0.717, 1.165) is 0 Å². The molecule has 0 heterocycles. The Balaban J connectivity index is 4.03. The Hall–Kier alpha value is -1.10. The smallest absolute Gasteiger partial charge is 0.203 e. The van der Waals surface area contributed by atoms with Crippen molar-refractivity contribution in [3.8, 4) is 0 Å². The highest BCUT2D eigenvalue weighted by molar-refractivity contribution is 7.43. The molecule has 0 amide bonds. The first-order valence-corrected chi connectivity index (χ1v) is 4.14. The number of hydrogen-bond donors (Lipinski definition) is 1. The Bertz CT molecular complexity index is 265. The molecule has 0 aliphatic rings. The third kappa shape index (κ3) is 5.67. The van der Waals surface area contributed by atoms with Gasteiger partial charge in [-0.05, 0) is 0 Å². The zero-order chi connectivity index (χ0) is 9.78. The first-order valence-electron chi connectivity index (χ1n) is 2.68. The van der Waals surface area contributed by atoms with E-state index >= 15 is 0 Å². The van der Waals surface area contributed by atoms with Gasteiger partial charge in [0, 0.05) is 6.08 Å². The average molecular weight is 191 g/mol. The molecule has 0 bridgehead atoms. The largest absolute Gasteiger partial charge is 0.780 e. The predicted octanol–water partition coefficient (Wildman–Crippen LogP) is -1.61. The number of allylic oxidation sites excluding steroid dienone is 1. The lowest BCUT2D eigenvalue weighted by molar-refractivity contribution is -0.337. The summed E-state index contributed by atoms with van der Waals surface area (Å²) in [7, 11) is -5.06. The molecule has 0 unspecified atom stereocenters. The van der Waals surface area contributed by atoms with E-state index in [1.165, 1.54) is 0 Å². The van der Waals surface area contributed by atoms with Gasteiger partial charge in [-0.1, -0.05) is 6.58 Å². The van der Waals surface area contributed by atoms with Crippen LogP contribution in [0.3, 0.4) is 0 Å². The number of carbonyl (C=O) groups is 1. The third-order valence-corrected chi connectivity index (χ3v) is 1.11. The summed E-state index contributed by atoms with van der Waals surface area (Å²) in [5.41, 5.74) is 4.63. The van der Waals surface area contributed by atoms with Crippen molar-refractivity contribution in [2.24, 2.45) is 5.73 Å². The number of rotatable bonds is 4. The Morgan fingerprint density at radius 3 is 2.42 bits per heavy atom. The average Bonchev–Trinajstić information content (AvgIpc) is 1.84. The molecule has 6 nitrogen and oxygen atoms in total. The van der Waals surface area contributed by atoms with Crippen molar-refractivity contribution in [1.29, 1.82) is 0 Å². The van der Waals surface area contributed by atoms with E-state index in [9.17, 15) is 19.1 Å². The van der Waals surface area contributed by atoms with E-state index in [0.29, 0.717) is 12.3 Å². The SMILES string of the molecule is C=C(N)C(=O)/C=C\OP(=O)([O-])[O-]. The van der Waals surface area contributed by atoms with Crippen molar-refractivity contribution < 1.29 is 23.7 Å². The molecule has 0 atom stereocenters. The van der Waals surface area contributed by atoms with Crippen LogP contribution >= 0.6 is 7.82 Å². The Labute approximate surface area is 68.6 Å². The van der Waals surface area contributed by atoms with Gasteiger partial charge in [0.05, 0.1) is 12.0 Å². The van der Waals surface area contributed by atoms with E-state index in [1.54, 1.807) is 0 Å². The zero-order valence-corrected chi connectivity index (χ0v) is 6.82. The fourth-order valence-electron chi connectivity index (χ4n) is 0.274. The van der Waals surface area contributed by atoms with Gasteiger partial charge in [0.25, 0.3) is 0 Å². The fourth-order valence-corrected chi connectivity index (χ4v) is 0.484. The van der Waals surface area contributed by atoms with Gasteiger partial charge in [0.2, 0.25) is 5.78 Å². The topological polar surface area (TPSA) is 116 Å². The molecule has 0 rings (SSSR count). The Kier molecular flexibility index (Phi) is 3.69. The minimum atomic E-state index is -5.06. The van der Waals surface area contributed by atoms with Crippen molar-refractivity contribution in [3.63, 3.8) is 0 Å². The van der Waals surface area contributed by atoms with Gasteiger partial charge in [-0.3, -0.25) is 4.79 Å². The second-order valence-corrected chi connectivity index (χ2v) is 2.85. The van der Waals surface area contributed by atoms with Gasteiger partial charge in [0.15, 0.2) is 0 Å². The van der Waals surface area contributed by atoms with Crippen LogP contribution in [0.1, 0.15) is 0 Å². The van der Waals surface area contributed by atoms with Gasteiger partial charge < -0.3 is 24.6 Å². The van der Waals surface area contributed by atoms with Crippen molar-refractivity contribution in [2.75, 3.05) is 0 Å². The summed E-state index contributed by atoms with van der Waals surface area (Å²) in [6.07, 6.45) is 1.13. The van der Waals surface area contributed by atoms with E-state index in [4.69, 9.17) is 5.73 Å². The number of hydrogen-bond acceptors (Lipinski definition) is 6. The van der Waals surface area contributed by atoms with Crippen LogP contribution in [0.15, 0.2) is 24.6 Å². The molecule has 12 heavy (non-hydrogen) atoms. The zero-order valence-electron chi connectivity index (χ0n) is 5.93. The predicted molar refractivity (Wildman–Crippen MR) is 36.2 cm³/mol. The Morgan fingerprint density at radius 2 is 2.08 bits per heavy atom. The summed E-state index contributed by atoms with van der Waals surface area (Å²) in [4.78, 5) is 30.2. The van der Waals surface area contributed by atoms with Crippen LogP contribution < -0.4 is 15.5 Å². The fraction of sp³-hybridized carbons (Fsp3) is 0. The molecule has 0 aliphatic heterocycles. The maximum atomic E-state index is 10.5. The molecular weight excluding hydrogens is 185 g/mol. The van der Waals surface area contributed by atoms with E-state index in [2.05, 4.69) is 11.1 Å². The second kappa shape index (κ2) is 4.06. The van der Waals surface area contributed by atoms with Crippen LogP contribution in [-0.4, -0.2) is 5.78 Å². The number of carbonyl (C=O) groups excluding carboxylic acids is 1. The lowest BCUT2D eigenvalue weighted by Crippen LogP contribution is -2.14. The summed E-state index contributed by atoms with van der Waals surface area (Å²) in [5, 5.41) is 0. The monoisotopic (exact) mass is 191 g/mol. The van der Waals surface area contributed by atoms with Crippen LogP contribution in [0.2, 0.25) is 0 Å².